The highest BCUT2D eigenvalue weighted by molar-refractivity contribution is 6.31. The van der Waals surface area contributed by atoms with Gasteiger partial charge in [-0.25, -0.2) is 0 Å². The average Bonchev–Trinajstić information content (AvgIpc) is 3.01. The highest BCUT2D eigenvalue weighted by Gasteiger charge is 2.35. The molecule has 5 heteroatoms. The van der Waals surface area contributed by atoms with E-state index in [0.717, 1.165) is 22.5 Å². The van der Waals surface area contributed by atoms with Crippen LogP contribution in [0.3, 0.4) is 0 Å². The molecule has 0 fully saturated rings. The Bertz CT molecular complexity index is 964. The van der Waals surface area contributed by atoms with Crippen LogP contribution in [0, 0.1) is 0 Å². The van der Waals surface area contributed by atoms with E-state index < -0.39 is 0 Å². The predicted molar refractivity (Wildman–Crippen MR) is 116 cm³/mol. The van der Waals surface area contributed by atoms with Gasteiger partial charge in [-0.2, -0.15) is 0 Å². The summed E-state index contributed by atoms with van der Waals surface area (Å²) in [5.41, 5.74) is 4.26. The number of halogens is 3. The molecule has 136 valence electrons. The molecule has 1 aliphatic heterocycles. The number of aliphatic imine (C=N–C) groups is 1. The van der Waals surface area contributed by atoms with E-state index in [9.17, 15) is 0 Å². The largest absolute Gasteiger partial charge is 0.337 e. The molecule has 3 aromatic rings. The average molecular weight is 416 g/mol. The standard InChI is InChI=1S/C22H17Cl3N2/c1-14-21(15-2-6-17(23)7-3-15)26-22(16-4-8-18(24)9-5-16)27(14)20-12-10-19(25)11-13-20/h2-14,22H,1H3. The van der Waals surface area contributed by atoms with Crippen molar-refractivity contribution < 1.29 is 0 Å². The zero-order chi connectivity index (χ0) is 19.0. The first kappa shape index (κ1) is 18.4. The molecule has 0 saturated heterocycles. The number of hydrogen-bond donors (Lipinski definition) is 0. The van der Waals surface area contributed by atoms with E-state index in [1.807, 2.05) is 72.8 Å². The molecule has 27 heavy (non-hydrogen) atoms. The van der Waals surface area contributed by atoms with Gasteiger partial charge in [-0.1, -0.05) is 59.1 Å². The first-order valence-corrected chi connectivity index (χ1v) is 9.79. The summed E-state index contributed by atoms with van der Waals surface area (Å²) in [4.78, 5) is 7.37. The van der Waals surface area contributed by atoms with Crippen LogP contribution in [0.15, 0.2) is 77.8 Å². The van der Waals surface area contributed by atoms with Gasteiger partial charge in [0.15, 0.2) is 0 Å². The van der Waals surface area contributed by atoms with Crippen molar-refractivity contribution in [2.45, 2.75) is 19.1 Å². The highest BCUT2D eigenvalue weighted by Crippen LogP contribution is 2.38. The maximum Gasteiger partial charge on any atom is 0.148 e. The van der Waals surface area contributed by atoms with Crippen LogP contribution >= 0.6 is 34.8 Å². The molecule has 0 aliphatic carbocycles. The smallest absolute Gasteiger partial charge is 0.148 e. The van der Waals surface area contributed by atoms with Crippen LogP contribution in [-0.2, 0) is 0 Å². The molecule has 0 saturated carbocycles. The van der Waals surface area contributed by atoms with Gasteiger partial charge in [-0.15, -0.1) is 0 Å². The molecular formula is C22H17Cl3N2. The second-order valence-electron chi connectivity index (χ2n) is 6.51. The van der Waals surface area contributed by atoms with E-state index in [1.54, 1.807) is 0 Å². The zero-order valence-corrected chi connectivity index (χ0v) is 16.9. The van der Waals surface area contributed by atoms with Crippen LogP contribution in [0.25, 0.3) is 0 Å². The maximum atomic E-state index is 6.09. The van der Waals surface area contributed by atoms with Crippen molar-refractivity contribution in [3.05, 3.63) is 99.0 Å². The summed E-state index contributed by atoms with van der Waals surface area (Å²) >= 11 is 18.2. The van der Waals surface area contributed by atoms with Gasteiger partial charge in [0.25, 0.3) is 0 Å². The number of rotatable bonds is 3. The Hall–Kier alpha value is -2.00. The number of anilines is 1. The molecule has 1 heterocycles. The number of nitrogens with zero attached hydrogens (tertiary/aromatic N) is 2. The van der Waals surface area contributed by atoms with Gasteiger partial charge in [0, 0.05) is 20.8 Å². The summed E-state index contributed by atoms with van der Waals surface area (Å²) in [6.07, 6.45) is -0.135. The number of hydrogen-bond acceptors (Lipinski definition) is 2. The van der Waals surface area contributed by atoms with Gasteiger partial charge in [-0.05, 0) is 66.6 Å². The molecule has 2 atom stereocenters. The lowest BCUT2D eigenvalue weighted by molar-refractivity contribution is 0.675. The second-order valence-corrected chi connectivity index (χ2v) is 7.82. The highest BCUT2D eigenvalue weighted by atomic mass is 35.5. The van der Waals surface area contributed by atoms with E-state index >= 15 is 0 Å². The van der Waals surface area contributed by atoms with Crippen LogP contribution in [0.5, 0.6) is 0 Å². The summed E-state index contributed by atoms with van der Waals surface area (Å²) in [6, 6.07) is 23.6. The molecule has 0 aromatic heterocycles. The first-order chi connectivity index (χ1) is 13.0. The van der Waals surface area contributed by atoms with Crippen molar-refractivity contribution in [2.24, 2.45) is 4.99 Å². The monoisotopic (exact) mass is 414 g/mol. The molecule has 0 amide bonds. The van der Waals surface area contributed by atoms with Crippen molar-refractivity contribution in [1.82, 2.24) is 0 Å². The summed E-state index contributed by atoms with van der Waals surface area (Å²) in [5.74, 6) is 0. The Morgan fingerprint density at radius 3 is 1.74 bits per heavy atom. The van der Waals surface area contributed by atoms with E-state index in [0.29, 0.717) is 15.1 Å². The lowest BCUT2D eigenvalue weighted by Crippen LogP contribution is -2.35. The van der Waals surface area contributed by atoms with Gasteiger partial charge in [0.05, 0.1) is 11.8 Å². The van der Waals surface area contributed by atoms with Crippen LogP contribution in [0.1, 0.15) is 24.2 Å². The Balaban J connectivity index is 1.80. The second kappa shape index (κ2) is 7.55. The zero-order valence-electron chi connectivity index (χ0n) is 14.6. The van der Waals surface area contributed by atoms with Crippen LogP contribution in [0.2, 0.25) is 15.1 Å². The Morgan fingerprint density at radius 2 is 1.19 bits per heavy atom. The SMILES string of the molecule is CC1C(c2ccc(Cl)cc2)=NC(c2ccc(Cl)cc2)N1c1ccc(Cl)cc1. The van der Waals surface area contributed by atoms with E-state index in [-0.39, 0.29) is 12.2 Å². The summed E-state index contributed by atoms with van der Waals surface area (Å²) in [5, 5.41) is 2.14. The van der Waals surface area contributed by atoms with Gasteiger partial charge in [0.1, 0.15) is 6.17 Å². The molecule has 1 aliphatic rings. The normalized spacial score (nSPS) is 19.3. The third-order valence-electron chi connectivity index (χ3n) is 4.77. The predicted octanol–water partition coefficient (Wildman–Crippen LogP) is 7.04. The Kier molecular flexibility index (Phi) is 5.14. The Morgan fingerprint density at radius 1 is 0.704 bits per heavy atom. The molecular weight excluding hydrogens is 399 g/mol. The first-order valence-electron chi connectivity index (χ1n) is 8.66. The molecule has 2 nitrogen and oxygen atoms in total. The summed E-state index contributed by atoms with van der Waals surface area (Å²) in [7, 11) is 0. The minimum absolute atomic E-state index is 0.0908. The van der Waals surface area contributed by atoms with Crippen molar-refractivity contribution >= 4 is 46.2 Å². The summed E-state index contributed by atoms with van der Waals surface area (Å²) in [6.45, 7) is 2.16. The van der Waals surface area contributed by atoms with Crippen molar-refractivity contribution in [3.8, 4) is 0 Å². The summed E-state index contributed by atoms with van der Waals surface area (Å²) < 4.78 is 0. The third-order valence-corrected chi connectivity index (χ3v) is 5.53. The minimum atomic E-state index is -0.135. The molecule has 0 spiro atoms. The fraction of sp³-hybridized carbons (Fsp3) is 0.136. The molecule has 3 aromatic carbocycles. The molecule has 0 N–H and O–H groups in total. The van der Waals surface area contributed by atoms with Crippen LogP contribution in [0.4, 0.5) is 5.69 Å². The minimum Gasteiger partial charge on any atom is -0.337 e. The molecule has 2 unspecified atom stereocenters. The lowest BCUT2D eigenvalue weighted by Gasteiger charge is -2.30. The van der Waals surface area contributed by atoms with Crippen molar-refractivity contribution in [2.75, 3.05) is 4.90 Å². The molecule has 4 rings (SSSR count). The van der Waals surface area contributed by atoms with E-state index in [1.165, 1.54) is 0 Å². The maximum absolute atomic E-state index is 6.09. The van der Waals surface area contributed by atoms with Crippen molar-refractivity contribution in [1.29, 1.82) is 0 Å². The van der Waals surface area contributed by atoms with E-state index in [2.05, 4.69) is 11.8 Å². The quantitative estimate of drug-likeness (QED) is 0.448. The molecule has 0 radical (unpaired) electrons. The Labute approximate surface area is 174 Å². The lowest BCUT2D eigenvalue weighted by atomic mass is 10.0. The number of benzene rings is 3. The third kappa shape index (κ3) is 3.70. The van der Waals surface area contributed by atoms with Crippen molar-refractivity contribution in [3.63, 3.8) is 0 Å². The fourth-order valence-electron chi connectivity index (χ4n) is 3.43. The van der Waals surface area contributed by atoms with Gasteiger partial charge in [-0.3, -0.25) is 4.99 Å². The van der Waals surface area contributed by atoms with Crippen LogP contribution in [-0.4, -0.2) is 11.8 Å². The van der Waals surface area contributed by atoms with E-state index in [4.69, 9.17) is 39.8 Å². The van der Waals surface area contributed by atoms with Gasteiger partial charge < -0.3 is 4.90 Å². The molecule has 0 bridgehead atoms. The fourth-order valence-corrected chi connectivity index (χ4v) is 3.81. The van der Waals surface area contributed by atoms with Gasteiger partial charge in [0.2, 0.25) is 0 Å². The van der Waals surface area contributed by atoms with Crippen LogP contribution < -0.4 is 4.90 Å². The van der Waals surface area contributed by atoms with Gasteiger partial charge >= 0.3 is 0 Å². The topological polar surface area (TPSA) is 15.6 Å².